The summed E-state index contributed by atoms with van der Waals surface area (Å²) in [7, 11) is 0. The Balaban J connectivity index is 2.32. The topological polar surface area (TPSA) is 47.9 Å². The molecule has 0 fully saturated rings. The van der Waals surface area contributed by atoms with E-state index in [0.29, 0.717) is 11.8 Å². The molecular weight excluding hydrogens is 262 g/mol. The first-order valence-electron chi connectivity index (χ1n) is 6.34. The third kappa shape index (κ3) is 3.64. The predicted octanol–water partition coefficient (Wildman–Crippen LogP) is 3.54. The zero-order valence-electron chi connectivity index (χ0n) is 11.1. The highest BCUT2D eigenvalue weighted by molar-refractivity contribution is 6.29. The smallest absolute Gasteiger partial charge is 0.138 e. The van der Waals surface area contributed by atoms with Gasteiger partial charge in [0.2, 0.25) is 0 Å². The Morgan fingerprint density at radius 3 is 2.74 bits per heavy atom. The molecule has 2 heterocycles. The summed E-state index contributed by atoms with van der Waals surface area (Å²) in [4.78, 5) is 12.8. The molecule has 0 N–H and O–H groups in total. The molecule has 19 heavy (non-hydrogen) atoms. The minimum Gasteiger partial charge on any atom is -0.492 e. The maximum Gasteiger partial charge on any atom is 0.138 e. The summed E-state index contributed by atoms with van der Waals surface area (Å²) >= 11 is 6.00. The number of pyridine rings is 1. The van der Waals surface area contributed by atoms with Crippen LogP contribution in [0.3, 0.4) is 0 Å². The largest absolute Gasteiger partial charge is 0.492 e. The second-order valence-corrected chi connectivity index (χ2v) is 4.49. The zero-order valence-corrected chi connectivity index (χ0v) is 11.8. The van der Waals surface area contributed by atoms with Crippen LogP contribution in [0, 0.1) is 0 Å². The Morgan fingerprint density at radius 1 is 1.16 bits per heavy atom. The first-order chi connectivity index (χ1) is 9.22. The molecule has 0 unspecified atom stereocenters. The van der Waals surface area contributed by atoms with E-state index < -0.39 is 0 Å². The van der Waals surface area contributed by atoms with E-state index in [0.717, 1.165) is 35.7 Å². The number of aromatic nitrogens is 3. The number of halogens is 1. The molecule has 2 rings (SSSR count). The van der Waals surface area contributed by atoms with Crippen LogP contribution in [-0.2, 0) is 6.42 Å². The van der Waals surface area contributed by atoms with Crippen LogP contribution in [0.2, 0.25) is 5.15 Å². The molecule has 0 saturated carbocycles. The van der Waals surface area contributed by atoms with Gasteiger partial charge in [-0.2, -0.15) is 0 Å². The summed E-state index contributed by atoms with van der Waals surface area (Å²) in [5.74, 6) is 1.47. The lowest BCUT2D eigenvalue weighted by Gasteiger charge is -2.07. The van der Waals surface area contributed by atoms with Crippen LogP contribution < -0.4 is 4.74 Å². The molecule has 5 heteroatoms. The van der Waals surface area contributed by atoms with E-state index >= 15 is 0 Å². The van der Waals surface area contributed by atoms with E-state index in [1.54, 1.807) is 18.5 Å². The fourth-order valence-electron chi connectivity index (χ4n) is 1.63. The number of ether oxygens (including phenoxy) is 1. The highest BCUT2D eigenvalue weighted by Crippen LogP contribution is 2.23. The molecule has 0 atom stereocenters. The third-order valence-electron chi connectivity index (χ3n) is 2.54. The van der Waals surface area contributed by atoms with E-state index in [1.807, 2.05) is 13.0 Å². The molecule has 0 bridgehead atoms. The van der Waals surface area contributed by atoms with Crippen molar-refractivity contribution in [2.75, 3.05) is 6.61 Å². The van der Waals surface area contributed by atoms with Crippen molar-refractivity contribution in [3.05, 3.63) is 35.5 Å². The fourth-order valence-corrected chi connectivity index (χ4v) is 1.83. The van der Waals surface area contributed by atoms with E-state index in [-0.39, 0.29) is 0 Å². The molecule has 4 nitrogen and oxygen atoms in total. The summed E-state index contributed by atoms with van der Waals surface area (Å²) in [6.45, 7) is 4.74. The van der Waals surface area contributed by atoms with Crippen molar-refractivity contribution >= 4 is 11.6 Å². The van der Waals surface area contributed by atoms with Crippen LogP contribution in [0.25, 0.3) is 11.3 Å². The maximum absolute atomic E-state index is 6.00. The van der Waals surface area contributed by atoms with Gasteiger partial charge in [0.15, 0.2) is 0 Å². The predicted molar refractivity (Wildman–Crippen MR) is 75.4 cm³/mol. The van der Waals surface area contributed by atoms with Crippen LogP contribution in [-0.4, -0.2) is 21.6 Å². The van der Waals surface area contributed by atoms with E-state index in [9.17, 15) is 0 Å². The van der Waals surface area contributed by atoms with E-state index in [2.05, 4.69) is 21.9 Å². The lowest BCUT2D eigenvalue weighted by molar-refractivity contribution is 0.316. The Labute approximate surface area is 117 Å². The zero-order chi connectivity index (χ0) is 13.7. The number of aryl methyl sites for hydroxylation is 1. The Bertz CT molecular complexity index is 560. The van der Waals surface area contributed by atoms with E-state index in [1.165, 1.54) is 0 Å². The number of hydrogen-bond acceptors (Lipinski definition) is 4. The summed E-state index contributed by atoms with van der Waals surface area (Å²) in [5.41, 5.74) is 1.65. The maximum atomic E-state index is 6.00. The van der Waals surface area contributed by atoms with Gasteiger partial charge in [-0.1, -0.05) is 25.4 Å². The summed E-state index contributed by atoms with van der Waals surface area (Å²) in [5, 5.41) is 0.446. The second-order valence-electron chi connectivity index (χ2n) is 4.10. The van der Waals surface area contributed by atoms with Crippen LogP contribution in [0.15, 0.2) is 24.5 Å². The van der Waals surface area contributed by atoms with Crippen molar-refractivity contribution < 1.29 is 4.74 Å². The summed E-state index contributed by atoms with van der Waals surface area (Å²) in [6, 6.07) is 3.65. The Kier molecular flexibility index (Phi) is 4.68. The third-order valence-corrected chi connectivity index (χ3v) is 2.73. The lowest BCUT2D eigenvalue weighted by Crippen LogP contribution is -1.98. The minimum absolute atomic E-state index is 0.446. The number of hydrogen-bond donors (Lipinski definition) is 0. The minimum atomic E-state index is 0.446. The molecule has 0 radical (unpaired) electrons. The van der Waals surface area contributed by atoms with E-state index in [4.69, 9.17) is 16.3 Å². The molecule has 0 aliphatic rings. The second kappa shape index (κ2) is 6.48. The number of rotatable bonds is 5. The van der Waals surface area contributed by atoms with Crippen molar-refractivity contribution in [3.63, 3.8) is 0 Å². The van der Waals surface area contributed by atoms with Crippen LogP contribution in [0.4, 0.5) is 0 Å². The van der Waals surface area contributed by atoms with Gasteiger partial charge in [-0.05, 0) is 12.5 Å². The van der Waals surface area contributed by atoms with Crippen molar-refractivity contribution in [3.8, 4) is 17.0 Å². The average molecular weight is 278 g/mol. The van der Waals surface area contributed by atoms with Gasteiger partial charge in [-0.25, -0.2) is 9.97 Å². The Hall–Kier alpha value is -1.68. The Morgan fingerprint density at radius 2 is 2.00 bits per heavy atom. The van der Waals surface area contributed by atoms with Gasteiger partial charge in [0.25, 0.3) is 0 Å². The van der Waals surface area contributed by atoms with Crippen molar-refractivity contribution in [1.82, 2.24) is 15.0 Å². The number of nitrogens with zero attached hydrogens (tertiary/aromatic N) is 3. The van der Waals surface area contributed by atoms with Crippen LogP contribution in [0.5, 0.6) is 5.75 Å². The van der Waals surface area contributed by atoms with Gasteiger partial charge in [0.1, 0.15) is 16.7 Å². The molecule has 2 aromatic heterocycles. The highest BCUT2D eigenvalue weighted by Gasteiger charge is 2.06. The molecule has 0 saturated heterocycles. The molecule has 0 aromatic carbocycles. The SMILES string of the molecule is CCCOc1cncc(-c2cc(Cl)nc(CC)n2)c1. The summed E-state index contributed by atoms with van der Waals surface area (Å²) < 4.78 is 5.57. The van der Waals surface area contributed by atoms with Gasteiger partial charge in [0, 0.05) is 24.2 Å². The average Bonchev–Trinajstić information content (AvgIpc) is 2.44. The van der Waals surface area contributed by atoms with Crippen molar-refractivity contribution in [2.45, 2.75) is 26.7 Å². The monoisotopic (exact) mass is 277 g/mol. The lowest BCUT2D eigenvalue weighted by atomic mass is 10.2. The highest BCUT2D eigenvalue weighted by atomic mass is 35.5. The van der Waals surface area contributed by atoms with Crippen LogP contribution >= 0.6 is 11.6 Å². The van der Waals surface area contributed by atoms with Gasteiger partial charge in [0.05, 0.1) is 18.5 Å². The fraction of sp³-hybridized carbons (Fsp3) is 0.357. The van der Waals surface area contributed by atoms with Crippen LogP contribution in [0.1, 0.15) is 26.1 Å². The van der Waals surface area contributed by atoms with Gasteiger partial charge in [-0.15, -0.1) is 0 Å². The first-order valence-corrected chi connectivity index (χ1v) is 6.72. The standard InChI is InChI=1S/C14H16ClN3O/c1-3-5-19-11-6-10(8-16-9-11)12-7-13(15)18-14(4-2)17-12/h6-9H,3-5H2,1-2H3. The van der Waals surface area contributed by atoms with Crippen molar-refractivity contribution in [1.29, 1.82) is 0 Å². The van der Waals surface area contributed by atoms with Gasteiger partial charge >= 0.3 is 0 Å². The quantitative estimate of drug-likeness (QED) is 0.784. The molecule has 0 spiro atoms. The van der Waals surface area contributed by atoms with Crippen molar-refractivity contribution in [2.24, 2.45) is 0 Å². The molecular formula is C14H16ClN3O. The normalized spacial score (nSPS) is 10.5. The van der Waals surface area contributed by atoms with Gasteiger partial charge in [-0.3, -0.25) is 4.98 Å². The van der Waals surface area contributed by atoms with Gasteiger partial charge < -0.3 is 4.74 Å². The molecule has 0 aliphatic carbocycles. The molecule has 0 aliphatic heterocycles. The first kappa shape index (κ1) is 13.7. The molecule has 2 aromatic rings. The molecule has 0 amide bonds. The summed E-state index contributed by atoms with van der Waals surface area (Å²) in [6.07, 6.45) is 5.15. The molecule has 100 valence electrons.